The number of nitrogens with two attached hydrogens (primary N) is 2. The smallest absolute Gasteiger partial charge is 0.249 e. The lowest BCUT2D eigenvalue weighted by atomic mass is 10.1. The predicted molar refractivity (Wildman–Crippen MR) is 83.1 cm³/mol. The third-order valence-electron chi connectivity index (χ3n) is 2.64. The van der Waals surface area contributed by atoms with Gasteiger partial charge in [-0.25, -0.2) is 0 Å². The molecule has 1 amide bonds. The van der Waals surface area contributed by atoms with Crippen molar-refractivity contribution in [1.82, 2.24) is 0 Å². The molecule has 0 heterocycles. The summed E-state index contributed by atoms with van der Waals surface area (Å²) in [6.07, 6.45) is 0. The van der Waals surface area contributed by atoms with Crippen LogP contribution in [0.3, 0.4) is 0 Å². The van der Waals surface area contributed by atoms with E-state index in [0.29, 0.717) is 11.3 Å². The SMILES string of the molecule is NC(=O)c1ccccc1CSc1ccc(Br)cc1N. The van der Waals surface area contributed by atoms with Gasteiger partial charge < -0.3 is 11.5 Å². The van der Waals surface area contributed by atoms with E-state index < -0.39 is 5.91 Å². The molecule has 0 aliphatic carbocycles. The zero-order valence-electron chi connectivity index (χ0n) is 10.1. The number of nitrogen functional groups attached to an aromatic ring is 1. The standard InChI is InChI=1S/C14H13BrN2OS/c15-10-5-6-13(12(16)7-10)19-8-9-3-1-2-4-11(9)14(17)18/h1-7H,8,16H2,(H2,17,18). The van der Waals surface area contributed by atoms with E-state index in [4.69, 9.17) is 11.5 Å². The lowest BCUT2D eigenvalue weighted by molar-refractivity contribution is 0.0999. The van der Waals surface area contributed by atoms with Crippen molar-refractivity contribution in [3.8, 4) is 0 Å². The van der Waals surface area contributed by atoms with Crippen LogP contribution in [0.15, 0.2) is 51.8 Å². The van der Waals surface area contributed by atoms with Gasteiger partial charge in [-0.15, -0.1) is 11.8 Å². The number of carbonyl (C=O) groups excluding carboxylic acids is 1. The van der Waals surface area contributed by atoms with Crippen molar-refractivity contribution in [1.29, 1.82) is 0 Å². The largest absolute Gasteiger partial charge is 0.398 e. The van der Waals surface area contributed by atoms with Gasteiger partial charge in [0.1, 0.15) is 0 Å². The first-order chi connectivity index (χ1) is 9.08. The molecule has 0 saturated carbocycles. The highest BCUT2D eigenvalue weighted by atomic mass is 79.9. The van der Waals surface area contributed by atoms with E-state index in [1.165, 1.54) is 0 Å². The average Bonchev–Trinajstić information content (AvgIpc) is 2.38. The van der Waals surface area contributed by atoms with E-state index in [0.717, 1.165) is 20.6 Å². The molecule has 0 aliphatic rings. The molecule has 0 radical (unpaired) electrons. The Balaban J connectivity index is 2.17. The van der Waals surface area contributed by atoms with Crippen LogP contribution in [0.1, 0.15) is 15.9 Å². The highest BCUT2D eigenvalue weighted by Gasteiger charge is 2.08. The topological polar surface area (TPSA) is 69.1 Å². The third-order valence-corrected chi connectivity index (χ3v) is 4.27. The van der Waals surface area contributed by atoms with Gasteiger partial charge in [-0.2, -0.15) is 0 Å². The Morgan fingerprint density at radius 1 is 1.21 bits per heavy atom. The minimum absolute atomic E-state index is 0.403. The first-order valence-corrected chi connectivity index (χ1v) is 7.41. The Bertz CT molecular complexity index is 616. The minimum Gasteiger partial charge on any atom is -0.398 e. The summed E-state index contributed by atoms with van der Waals surface area (Å²) in [6.45, 7) is 0. The van der Waals surface area contributed by atoms with Gasteiger partial charge in [-0.1, -0.05) is 34.1 Å². The first kappa shape index (κ1) is 14.0. The van der Waals surface area contributed by atoms with Gasteiger partial charge >= 0.3 is 0 Å². The Labute approximate surface area is 124 Å². The van der Waals surface area contributed by atoms with Crippen molar-refractivity contribution in [2.24, 2.45) is 5.73 Å². The molecular formula is C14H13BrN2OS. The molecule has 19 heavy (non-hydrogen) atoms. The monoisotopic (exact) mass is 336 g/mol. The summed E-state index contributed by atoms with van der Waals surface area (Å²) in [6, 6.07) is 13.1. The molecule has 4 N–H and O–H groups in total. The van der Waals surface area contributed by atoms with Gasteiger partial charge in [0.2, 0.25) is 5.91 Å². The highest BCUT2D eigenvalue weighted by Crippen LogP contribution is 2.30. The molecule has 2 aromatic carbocycles. The summed E-state index contributed by atoms with van der Waals surface area (Å²) in [4.78, 5) is 12.3. The number of benzene rings is 2. The van der Waals surface area contributed by atoms with Crippen molar-refractivity contribution in [2.75, 3.05) is 5.73 Å². The number of rotatable bonds is 4. The van der Waals surface area contributed by atoms with Crippen LogP contribution in [0.25, 0.3) is 0 Å². The van der Waals surface area contributed by atoms with Gasteiger partial charge in [0, 0.05) is 26.4 Å². The van der Waals surface area contributed by atoms with E-state index in [-0.39, 0.29) is 0 Å². The van der Waals surface area contributed by atoms with Crippen LogP contribution in [0, 0.1) is 0 Å². The Morgan fingerprint density at radius 3 is 2.63 bits per heavy atom. The molecule has 0 spiro atoms. The third kappa shape index (κ3) is 3.52. The van der Waals surface area contributed by atoms with E-state index in [1.54, 1.807) is 17.8 Å². The molecule has 3 nitrogen and oxygen atoms in total. The summed E-state index contributed by atoms with van der Waals surface area (Å²) < 4.78 is 0.951. The Hall–Kier alpha value is -1.46. The molecule has 0 fully saturated rings. The van der Waals surface area contributed by atoms with Crippen molar-refractivity contribution in [2.45, 2.75) is 10.6 Å². The zero-order chi connectivity index (χ0) is 13.8. The number of thioether (sulfide) groups is 1. The van der Waals surface area contributed by atoms with E-state index in [1.807, 2.05) is 36.4 Å². The van der Waals surface area contributed by atoms with Crippen LogP contribution in [0.4, 0.5) is 5.69 Å². The molecule has 0 unspecified atom stereocenters. The number of hydrogen-bond donors (Lipinski definition) is 2. The molecule has 5 heteroatoms. The summed E-state index contributed by atoms with van der Waals surface area (Å²) in [5.41, 5.74) is 13.5. The van der Waals surface area contributed by atoms with E-state index in [2.05, 4.69) is 15.9 Å². The summed E-state index contributed by atoms with van der Waals surface area (Å²) in [7, 11) is 0. The normalized spacial score (nSPS) is 10.4. The van der Waals surface area contributed by atoms with Gasteiger partial charge in [-0.05, 0) is 29.8 Å². The fourth-order valence-electron chi connectivity index (χ4n) is 1.69. The maximum atomic E-state index is 11.3. The lowest BCUT2D eigenvalue weighted by Gasteiger charge is -2.08. The molecule has 98 valence electrons. The maximum Gasteiger partial charge on any atom is 0.249 e. The van der Waals surface area contributed by atoms with E-state index in [9.17, 15) is 4.79 Å². The quantitative estimate of drug-likeness (QED) is 0.663. The second-order valence-corrected chi connectivity index (χ2v) is 5.93. The van der Waals surface area contributed by atoms with Gasteiger partial charge in [0.25, 0.3) is 0 Å². The number of anilines is 1. The van der Waals surface area contributed by atoms with E-state index >= 15 is 0 Å². The van der Waals surface area contributed by atoms with Crippen molar-refractivity contribution >= 4 is 39.3 Å². The molecule has 2 rings (SSSR count). The lowest BCUT2D eigenvalue weighted by Crippen LogP contribution is -2.13. The second kappa shape index (κ2) is 6.12. The minimum atomic E-state index is -0.403. The van der Waals surface area contributed by atoms with Crippen molar-refractivity contribution < 1.29 is 4.79 Å². The zero-order valence-corrected chi connectivity index (χ0v) is 12.5. The number of amides is 1. The summed E-state index contributed by atoms with van der Waals surface area (Å²) >= 11 is 4.96. The Morgan fingerprint density at radius 2 is 1.95 bits per heavy atom. The second-order valence-electron chi connectivity index (χ2n) is 3.99. The van der Waals surface area contributed by atoms with Crippen molar-refractivity contribution in [3.05, 3.63) is 58.1 Å². The molecule has 0 aromatic heterocycles. The number of hydrogen-bond acceptors (Lipinski definition) is 3. The van der Waals surface area contributed by atoms with Crippen LogP contribution >= 0.6 is 27.7 Å². The summed E-state index contributed by atoms with van der Waals surface area (Å²) in [5, 5.41) is 0. The van der Waals surface area contributed by atoms with Gasteiger partial charge in [0.05, 0.1) is 0 Å². The van der Waals surface area contributed by atoms with Crippen LogP contribution < -0.4 is 11.5 Å². The Kier molecular flexibility index (Phi) is 4.50. The van der Waals surface area contributed by atoms with Crippen molar-refractivity contribution in [3.63, 3.8) is 0 Å². The number of primary amides is 1. The molecule has 2 aromatic rings. The number of carbonyl (C=O) groups is 1. The fourth-order valence-corrected chi connectivity index (χ4v) is 3.02. The molecule has 0 aliphatic heterocycles. The van der Waals surface area contributed by atoms with Crippen LogP contribution in [0.2, 0.25) is 0 Å². The van der Waals surface area contributed by atoms with Gasteiger partial charge in [0.15, 0.2) is 0 Å². The van der Waals surface area contributed by atoms with Crippen LogP contribution in [-0.4, -0.2) is 5.91 Å². The maximum absolute atomic E-state index is 11.3. The predicted octanol–water partition coefficient (Wildman–Crippen LogP) is 3.42. The van der Waals surface area contributed by atoms with Gasteiger partial charge in [-0.3, -0.25) is 4.79 Å². The van der Waals surface area contributed by atoms with Crippen LogP contribution in [-0.2, 0) is 5.75 Å². The molecule has 0 bridgehead atoms. The average molecular weight is 337 g/mol. The van der Waals surface area contributed by atoms with Crippen LogP contribution in [0.5, 0.6) is 0 Å². The summed E-state index contributed by atoms with van der Waals surface area (Å²) in [5.74, 6) is 0.255. The molecule has 0 saturated heterocycles. The number of halogens is 1. The molecule has 0 atom stereocenters. The first-order valence-electron chi connectivity index (χ1n) is 5.63. The highest BCUT2D eigenvalue weighted by molar-refractivity contribution is 9.10. The fraction of sp³-hybridized carbons (Fsp3) is 0.0714. The molecular weight excluding hydrogens is 324 g/mol.